The molecule has 76 valence electrons. The molecule has 0 aliphatic rings. The molecule has 0 aliphatic carbocycles. The second-order valence-electron chi connectivity index (χ2n) is 2.00. The van der Waals surface area contributed by atoms with Crippen LogP contribution in [0, 0.1) is 11.3 Å². The van der Waals surface area contributed by atoms with Crippen molar-refractivity contribution in [1.82, 2.24) is 0 Å². The van der Waals surface area contributed by atoms with Gasteiger partial charge in [-0.05, 0) is 12.1 Å². The minimum atomic E-state index is -0.833. The number of rotatable bonds is 0. The van der Waals surface area contributed by atoms with Crippen molar-refractivity contribution in [2.24, 2.45) is 0 Å². The Kier molecular flexibility index (Phi) is 11.7. The molecule has 0 amide bonds. The fourth-order valence-electron chi connectivity index (χ4n) is 0.513. The van der Waals surface area contributed by atoms with Crippen LogP contribution in [0.1, 0.15) is 26.3 Å². The van der Waals surface area contributed by atoms with E-state index < -0.39 is 5.97 Å². The molecule has 1 rings (SSSR count). The largest absolute Gasteiger partial charge is 0.481 e. The van der Waals surface area contributed by atoms with Gasteiger partial charge in [-0.15, -0.1) is 0 Å². The number of carboxylic acid groups (broad SMARTS) is 1. The van der Waals surface area contributed by atoms with Gasteiger partial charge in [0.15, 0.2) is 0 Å². The quantitative estimate of drug-likeness (QED) is 0.689. The summed E-state index contributed by atoms with van der Waals surface area (Å²) in [5.41, 5.74) is 0.715. The lowest BCUT2D eigenvalue weighted by Gasteiger charge is -1.80. The second-order valence-corrected chi connectivity index (χ2v) is 2.00. The van der Waals surface area contributed by atoms with Gasteiger partial charge in [0.2, 0.25) is 0 Å². The number of hydrogen-bond donors (Lipinski definition) is 1. The number of aliphatic carboxylic acids is 1. The summed E-state index contributed by atoms with van der Waals surface area (Å²) in [6.45, 7) is 5.08. The molecule has 3 nitrogen and oxygen atoms in total. The Hall–Kier alpha value is -1.82. The molecular formula is C11H15NO2. The monoisotopic (exact) mass is 193 g/mol. The fraction of sp³-hybridized carbons (Fsp3) is 0.273. The van der Waals surface area contributed by atoms with Gasteiger partial charge >= 0.3 is 0 Å². The van der Waals surface area contributed by atoms with Crippen LogP contribution in [0.3, 0.4) is 0 Å². The Morgan fingerprint density at radius 2 is 1.64 bits per heavy atom. The van der Waals surface area contributed by atoms with Gasteiger partial charge in [0.25, 0.3) is 5.97 Å². The summed E-state index contributed by atoms with van der Waals surface area (Å²) < 4.78 is 0. The molecule has 0 atom stereocenters. The van der Waals surface area contributed by atoms with Gasteiger partial charge in [-0.25, -0.2) is 0 Å². The van der Waals surface area contributed by atoms with Crippen molar-refractivity contribution >= 4 is 5.97 Å². The average molecular weight is 193 g/mol. The van der Waals surface area contributed by atoms with E-state index in [2.05, 4.69) is 0 Å². The highest BCUT2D eigenvalue weighted by Crippen LogP contribution is 1.93. The van der Waals surface area contributed by atoms with E-state index in [-0.39, 0.29) is 0 Å². The van der Waals surface area contributed by atoms with E-state index >= 15 is 0 Å². The van der Waals surface area contributed by atoms with Gasteiger partial charge in [0.05, 0.1) is 11.6 Å². The van der Waals surface area contributed by atoms with E-state index in [1.54, 1.807) is 12.1 Å². The number of carboxylic acids is 1. The summed E-state index contributed by atoms with van der Waals surface area (Å²) in [5.74, 6) is -0.833. The lowest BCUT2D eigenvalue weighted by Crippen LogP contribution is -1.78. The van der Waals surface area contributed by atoms with Crippen LogP contribution in [0.5, 0.6) is 0 Å². The van der Waals surface area contributed by atoms with Crippen LogP contribution in [-0.4, -0.2) is 11.1 Å². The zero-order chi connectivity index (χ0) is 11.4. The van der Waals surface area contributed by atoms with Crippen molar-refractivity contribution in [1.29, 1.82) is 5.26 Å². The molecular weight excluding hydrogens is 178 g/mol. The van der Waals surface area contributed by atoms with Crippen molar-refractivity contribution < 1.29 is 9.90 Å². The number of hydrogen-bond acceptors (Lipinski definition) is 2. The summed E-state index contributed by atoms with van der Waals surface area (Å²) in [5, 5.41) is 15.7. The standard InChI is InChI=1S/C7H5N.C2H4O2.C2H6/c8-6-7-4-2-1-3-5-7;1-2(3)4;1-2/h1-5H;1H3,(H,3,4);1-2H3. The van der Waals surface area contributed by atoms with Crippen LogP contribution < -0.4 is 0 Å². The van der Waals surface area contributed by atoms with Crippen molar-refractivity contribution in [3.05, 3.63) is 35.9 Å². The minimum Gasteiger partial charge on any atom is -0.481 e. The molecule has 1 aromatic rings. The van der Waals surface area contributed by atoms with Crippen molar-refractivity contribution in [3.63, 3.8) is 0 Å². The van der Waals surface area contributed by atoms with E-state index in [0.29, 0.717) is 5.56 Å². The lowest BCUT2D eigenvalue weighted by molar-refractivity contribution is -0.134. The summed E-state index contributed by atoms with van der Waals surface area (Å²) in [6, 6.07) is 11.2. The van der Waals surface area contributed by atoms with Crippen LogP contribution >= 0.6 is 0 Å². The van der Waals surface area contributed by atoms with Crippen molar-refractivity contribution in [2.75, 3.05) is 0 Å². The predicted molar refractivity (Wildman–Crippen MR) is 55.8 cm³/mol. The number of nitrogens with zero attached hydrogens (tertiary/aromatic N) is 1. The highest BCUT2D eigenvalue weighted by atomic mass is 16.4. The molecule has 0 aliphatic heterocycles. The summed E-state index contributed by atoms with van der Waals surface area (Å²) >= 11 is 0. The van der Waals surface area contributed by atoms with Crippen molar-refractivity contribution in [2.45, 2.75) is 20.8 Å². The molecule has 0 aromatic heterocycles. The van der Waals surface area contributed by atoms with E-state index in [4.69, 9.17) is 15.2 Å². The van der Waals surface area contributed by atoms with E-state index in [1.807, 2.05) is 38.1 Å². The molecule has 0 bridgehead atoms. The Morgan fingerprint density at radius 3 is 1.86 bits per heavy atom. The molecule has 1 N–H and O–H groups in total. The van der Waals surface area contributed by atoms with Gasteiger partial charge in [0.1, 0.15) is 0 Å². The zero-order valence-corrected chi connectivity index (χ0v) is 8.69. The topological polar surface area (TPSA) is 61.1 Å². The van der Waals surface area contributed by atoms with Gasteiger partial charge < -0.3 is 5.11 Å². The van der Waals surface area contributed by atoms with E-state index in [1.165, 1.54) is 0 Å². The van der Waals surface area contributed by atoms with Crippen LogP contribution in [0.4, 0.5) is 0 Å². The Labute approximate surface area is 84.6 Å². The maximum atomic E-state index is 9.00. The van der Waals surface area contributed by atoms with Crippen LogP contribution in [-0.2, 0) is 4.79 Å². The van der Waals surface area contributed by atoms with Gasteiger partial charge in [-0.2, -0.15) is 5.26 Å². The van der Waals surface area contributed by atoms with Gasteiger partial charge in [-0.1, -0.05) is 32.0 Å². The first-order valence-electron chi connectivity index (χ1n) is 4.31. The highest BCUT2D eigenvalue weighted by molar-refractivity contribution is 5.62. The smallest absolute Gasteiger partial charge is 0.300 e. The Bertz CT molecular complexity index is 271. The van der Waals surface area contributed by atoms with Gasteiger partial charge in [-0.3, -0.25) is 4.79 Å². The maximum absolute atomic E-state index is 9.00. The molecule has 0 heterocycles. The molecule has 0 saturated carbocycles. The highest BCUT2D eigenvalue weighted by Gasteiger charge is 1.79. The molecule has 0 unspecified atom stereocenters. The van der Waals surface area contributed by atoms with Crippen LogP contribution in [0.2, 0.25) is 0 Å². The third kappa shape index (κ3) is 12.8. The molecule has 0 fully saturated rings. The van der Waals surface area contributed by atoms with Crippen LogP contribution in [0.15, 0.2) is 30.3 Å². The second kappa shape index (κ2) is 11.2. The molecule has 3 heteroatoms. The molecule has 1 aromatic carbocycles. The van der Waals surface area contributed by atoms with Gasteiger partial charge in [0, 0.05) is 6.92 Å². The van der Waals surface area contributed by atoms with Crippen LogP contribution in [0.25, 0.3) is 0 Å². The number of nitriles is 1. The first-order chi connectivity index (χ1) is 6.66. The lowest BCUT2D eigenvalue weighted by atomic mass is 10.2. The third-order valence-corrected chi connectivity index (χ3v) is 0.903. The predicted octanol–water partition coefficient (Wildman–Crippen LogP) is 2.68. The van der Waals surface area contributed by atoms with Crippen molar-refractivity contribution in [3.8, 4) is 6.07 Å². The Morgan fingerprint density at radius 1 is 1.29 bits per heavy atom. The SMILES string of the molecule is CC.CC(=O)O.N#Cc1ccccc1. The first-order valence-corrected chi connectivity index (χ1v) is 4.31. The molecule has 14 heavy (non-hydrogen) atoms. The third-order valence-electron chi connectivity index (χ3n) is 0.903. The molecule has 0 radical (unpaired) electrons. The maximum Gasteiger partial charge on any atom is 0.300 e. The summed E-state index contributed by atoms with van der Waals surface area (Å²) in [4.78, 5) is 9.00. The average Bonchev–Trinajstić information content (AvgIpc) is 2.21. The molecule has 0 spiro atoms. The minimum absolute atomic E-state index is 0.715. The first kappa shape index (κ1) is 14.7. The zero-order valence-electron chi connectivity index (χ0n) is 8.69. The van der Waals surface area contributed by atoms with E-state index in [0.717, 1.165) is 6.92 Å². The normalized spacial score (nSPS) is 6.71. The Balaban J connectivity index is 0. The fourth-order valence-corrected chi connectivity index (χ4v) is 0.513. The van der Waals surface area contributed by atoms with E-state index in [9.17, 15) is 0 Å². The summed E-state index contributed by atoms with van der Waals surface area (Å²) in [7, 11) is 0. The number of carbonyl (C=O) groups is 1. The molecule has 0 saturated heterocycles. The summed E-state index contributed by atoms with van der Waals surface area (Å²) in [6.07, 6.45) is 0. The number of benzene rings is 1.